The summed E-state index contributed by atoms with van der Waals surface area (Å²) in [5.74, 6) is 1.41. The smallest absolute Gasteiger partial charge is 0.240 e. The summed E-state index contributed by atoms with van der Waals surface area (Å²) in [5.41, 5.74) is 0. The van der Waals surface area contributed by atoms with Gasteiger partial charge < -0.3 is 9.84 Å². The molecule has 2 fully saturated rings. The van der Waals surface area contributed by atoms with Crippen molar-refractivity contribution < 1.29 is 12.9 Å². The largest absolute Gasteiger partial charge is 0.338 e. The lowest BCUT2D eigenvalue weighted by atomic mass is 10.1. The summed E-state index contributed by atoms with van der Waals surface area (Å²) in [6.45, 7) is 0.580. The summed E-state index contributed by atoms with van der Waals surface area (Å²) in [5, 5.41) is 7.32. The molecule has 6 nitrogen and oxygen atoms in total. The van der Waals surface area contributed by atoms with Gasteiger partial charge in [-0.15, -0.1) is 0 Å². The third-order valence-electron chi connectivity index (χ3n) is 3.98. The van der Waals surface area contributed by atoms with Crippen LogP contribution in [0.3, 0.4) is 0 Å². The highest BCUT2D eigenvalue weighted by Gasteiger charge is 2.32. The van der Waals surface area contributed by atoms with Crippen LogP contribution in [0, 0.1) is 0 Å². The van der Waals surface area contributed by atoms with Crippen molar-refractivity contribution >= 4 is 9.84 Å². The molecule has 106 valence electrons. The average molecular weight is 285 g/mol. The van der Waals surface area contributed by atoms with Crippen molar-refractivity contribution in [2.45, 2.75) is 50.6 Å². The van der Waals surface area contributed by atoms with Crippen LogP contribution in [0.15, 0.2) is 4.52 Å². The molecule has 0 amide bonds. The standard InChI is InChI=1S/C12H19N3O3S/c16-19(17)6-5-9(8-19)12-14-11(18-15-12)7-13-10-3-1-2-4-10/h9-10,13H,1-8H2. The zero-order chi connectivity index (χ0) is 13.3. The minimum Gasteiger partial charge on any atom is -0.338 e. The first-order chi connectivity index (χ1) is 9.12. The average Bonchev–Trinajstić information content (AvgIpc) is 3.05. The minimum atomic E-state index is -2.90. The third-order valence-corrected chi connectivity index (χ3v) is 5.75. The molecule has 1 aromatic heterocycles. The van der Waals surface area contributed by atoms with Gasteiger partial charge in [-0.1, -0.05) is 18.0 Å². The Morgan fingerprint density at radius 2 is 2.05 bits per heavy atom. The highest BCUT2D eigenvalue weighted by atomic mass is 32.2. The van der Waals surface area contributed by atoms with Crippen molar-refractivity contribution in [3.63, 3.8) is 0 Å². The predicted molar refractivity (Wildman–Crippen MR) is 69.4 cm³/mol. The number of rotatable bonds is 4. The van der Waals surface area contributed by atoms with Crippen LogP contribution in [0.4, 0.5) is 0 Å². The van der Waals surface area contributed by atoms with Crippen LogP contribution in [0.1, 0.15) is 49.7 Å². The first-order valence-electron chi connectivity index (χ1n) is 6.89. The Morgan fingerprint density at radius 3 is 2.74 bits per heavy atom. The molecule has 19 heavy (non-hydrogen) atoms. The molecule has 2 aliphatic rings. The van der Waals surface area contributed by atoms with E-state index < -0.39 is 9.84 Å². The zero-order valence-corrected chi connectivity index (χ0v) is 11.7. The van der Waals surface area contributed by atoms with Crippen molar-refractivity contribution in [2.75, 3.05) is 11.5 Å². The van der Waals surface area contributed by atoms with Gasteiger partial charge in [-0.3, -0.25) is 0 Å². The van der Waals surface area contributed by atoms with E-state index in [-0.39, 0.29) is 17.4 Å². The number of sulfone groups is 1. The fourth-order valence-corrected chi connectivity index (χ4v) is 4.60. The molecule has 1 aliphatic carbocycles. The van der Waals surface area contributed by atoms with E-state index in [4.69, 9.17) is 4.52 Å². The fraction of sp³-hybridized carbons (Fsp3) is 0.833. The lowest BCUT2D eigenvalue weighted by Gasteiger charge is -2.08. The first kappa shape index (κ1) is 13.1. The van der Waals surface area contributed by atoms with Crippen molar-refractivity contribution in [1.82, 2.24) is 15.5 Å². The Balaban J connectivity index is 1.57. The van der Waals surface area contributed by atoms with Crippen LogP contribution < -0.4 is 5.32 Å². The van der Waals surface area contributed by atoms with Crippen LogP contribution in [-0.4, -0.2) is 36.1 Å². The summed E-state index contributed by atoms with van der Waals surface area (Å²) in [6, 6.07) is 0.558. The first-order valence-corrected chi connectivity index (χ1v) is 8.71. The van der Waals surface area contributed by atoms with Gasteiger partial charge in [-0.25, -0.2) is 8.42 Å². The maximum atomic E-state index is 11.4. The second kappa shape index (κ2) is 5.20. The molecule has 7 heteroatoms. The van der Waals surface area contributed by atoms with E-state index >= 15 is 0 Å². The molecule has 1 saturated heterocycles. The molecule has 0 spiro atoms. The summed E-state index contributed by atoms with van der Waals surface area (Å²) in [6.07, 6.45) is 5.60. The highest BCUT2D eigenvalue weighted by molar-refractivity contribution is 7.91. The van der Waals surface area contributed by atoms with Crippen molar-refractivity contribution in [2.24, 2.45) is 0 Å². The van der Waals surface area contributed by atoms with Crippen molar-refractivity contribution in [3.8, 4) is 0 Å². The van der Waals surface area contributed by atoms with Gasteiger partial charge >= 0.3 is 0 Å². The lowest BCUT2D eigenvalue weighted by Crippen LogP contribution is -2.25. The minimum absolute atomic E-state index is 0.0889. The quantitative estimate of drug-likeness (QED) is 0.888. The molecule has 0 radical (unpaired) electrons. The van der Waals surface area contributed by atoms with E-state index in [9.17, 15) is 8.42 Å². The Hall–Kier alpha value is -0.950. The van der Waals surface area contributed by atoms with E-state index in [1.165, 1.54) is 25.7 Å². The van der Waals surface area contributed by atoms with E-state index in [0.717, 1.165) is 0 Å². The van der Waals surface area contributed by atoms with Crippen LogP contribution >= 0.6 is 0 Å². The Kier molecular flexibility index (Phi) is 3.58. The van der Waals surface area contributed by atoms with Crippen LogP contribution in [0.2, 0.25) is 0 Å². The summed E-state index contributed by atoms with van der Waals surface area (Å²) >= 11 is 0. The van der Waals surface area contributed by atoms with E-state index in [2.05, 4.69) is 15.5 Å². The maximum absolute atomic E-state index is 11.4. The predicted octanol–water partition coefficient (Wildman–Crippen LogP) is 1.00. The van der Waals surface area contributed by atoms with E-state index in [0.29, 0.717) is 30.7 Å². The lowest BCUT2D eigenvalue weighted by molar-refractivity contribution is 0.351. The highest BCUT2D eigenvalue weighted by Crippen LogP contribution is 2.26. The zero-order valence-electron chi connectivity index (χ0n) is 10.8. The molecular weight excluding hydrogens is 266 g/mol. The molecule has 1 unspecified atom stereocenters. The van der Waals surface area contributed by atoms with Crippen molar-refractivity contribution in [1.29, 1.82) is 0 Å². The van der Waals surface area contributed by atoms with Gasteiger partial charge in [0.25, 0.3) is 0 Å². The van der Waals surface area contributed by atoms with Gasteiger partial charge in [0.1, 0.15) is 0 Å². The molecule has 1 N–H and O–H groups in total. The van der Waals surface area contributed by atoms with Gasteiger partial charge in [0.2, 0.25) is 5.89 Å². The second-order valence-corrected chi connectivity index (χ2v) is 7.74. The molecule has 1 aromatic rings. The van der Waals surface area contributed by atoms with Crippen LogP contribution in [0.25, 0.3) is 0 Å². The van der Waals surface area contributed by atoms with Gasteiger partial charge in [0, 0.05) is 12.0 Å². The normalized spacial score (nSPS) is 27.1. The van der Waals surface area contributed by atoms with Gasteiger partial charge in [-0.05, 0) is 19.3 Å². The van der Waals surface area contributed by atoms with Crippen LogP contribution in [0.5, 0.6) is 0 Å². The number of nitrogens with one attached hydrogen (secondary N) is 1. The topological polar surface area (TPSA) is 85.1 Å². The van der Waals surface area contributed by atoms with Gasteiger partial charge in [0.15, 0.2) is 15.7 Å². The second-order valence-electron chi connectivity index (χ2n) is 5.51. The number of hydrogen-bond donors (Lipinski definition) is 1. The van der Waals surface area contributed by atoms with Crippen molar-refractivity contribution in [3.05, 3.63) is 11.7 Å². The Morgan fingerprint density at radius 1 is 1.26 bits per heavy atom. The maximum Gasteiger partial charge on any atom is 0.240 e. The monoisotopic (exact) mass is 285 g/mol. The SMILES string of the molecule is O=S1(=O)CCC(c2noc(CNC3CCCC3)n2)C1. The van der Waals surface area contributed by atoms with E-state index in [1.807, 2.05) is 0 Å². The molecule has 2 heterocycles. The summed E-state index contributed by atoms with van der Waals surface area (Å²) in [7, 11) is -2.90. The Labute approximate surface area is 112 Å². The van der Waals surface area contributed by atoms with Gasteiger partial charge in [-0.2, -0.15) is 4.98 Å². The number of aromatic nitrogens is 2. The molecule has 0 aromatic carbocycles. The number of hydrogen-bond acceptors (Lipinski definition) is 6. The van der Waals surface area contributed by atoms with Crippen LogP contribution in [-0.2, 0) is 16.4 Å². The summed E-state index contributed by atoms with van der Waals surface area (Å²) < 4.78 is 28.0. The van der Waals surface area contributed by atoms with Gasteiger partial charge in [0.05, 0.1) is 18.1 Å². The molecule has 3 rings (SSSR count). The number of nitrogens with zero attached hydrogens (tertiary/aromatic N) is 2. The fourth-order valence-electron chi connectivity index (χ4n) is 2.87. The summed E-state index contributed by atoms with van der Waals surface area (Å²) in [4.78, 5) is 4.31. The third kappa shape index (κ3) is 3.14. The molecule has 1 atom stereocenters. The molecule has 0 bridgehead atoms. The van der Waals surface area contributed by atoms with E-state index in [1.54, 1.807) is 0 Å². The molecule has 1 aliphatic heterocycles. The molecular formula is C12H19N3O3S. The Bertz CT molecular complexity index is 534. The molecule has 1 saturated carbocycles.